The molecular formula is C14H22N4O3. The average molecular weight is 294 g/mol. The lowest BCUT2D eigenvalue weighted by molar-refractivity contribution is -0.145. The summed E-state index contributed by atoms with van der Waals surface area (Å²) < 4.78 is 0. The van der Waals surface area contributed by atoms with Crippen molar-refractivity contribution >= 4 is 11.8 Å². The molecule has 1 atom stereocenters. The van der Waals surface area contributed by atoms with Gasteiger partial charge in [0.25, 0.3) is 5.91 Å². The SMILES string of the molecule is N#CCN1CCN(C(=O)CN2CCCCC(O)C2=O)CC1. The van der Waals surface area contributed by atoms with Crippen molar-refractivity contribution in [3.63, 3.8) is 0 Å². The third-order valence-electron chi connectivity index (χ3n) is 4.10. The molecule has 0 aromatic rings. The molecule has 0 bridgehead atoms. The van der Waals surface area contributed by atoms with Gasteiger partial charge < -0.3 is 14.9 Å². The van der Waals surface area contributed by atoms with Crippen molar-refractivity contribution in [1.82, 2.24) is 14.7 Å². The zero-order valence-electron chi connectivity index (χ0n) is 12.2. The molecule has 0 saturated carbocycles. The van der Waals surface area contributed by atoms with Gasteiger partial charge in [0.15, 0.2) is 0 Å². The molecule has 0 spiro atoms. The summed E-state index contributed by atoms with van der Waals surface area (Å²) in [5.74, 6) is -0.405. The van der Waals surface area contributed by atoms with Crippen molar-refractivity contribution in [2.45, 2.75) is 25.4 Å². The number of aliphatic hydroxyl groups excluding tert-OH is 1. The van der Waals surface area contributed by atoms with E-state index in [1.807, 2.05) is 4.90 Å². The quantitative estimate of drug-likeness (QED) is 0.677. The van der Waals surface area contributed by atoms with Crippen LogP contribution in [-0.4, -0.2) is 83.5 Å². The lowest BCUT2D eigenvalue weighted by atomic mass is 10.2. The first-order chi connectivity index (χ1) is 10.1. The summed E-state index contributed by atoms with van der Waals surface area (Å²) >= 11 is 0. The molecule has 1 N–H and O–H groups in total. The van der Waals surface area contributed by atoms with E-state index in [1.54, 1.807) is 4.90 Å². The van der Waals surface area contributed by atoms with Gasteiger partial charge in [0.05, 0.1) is 19.2 Å². The van der Waals surface area contributed by atoms with Crippen LogP contribution in [0.15, 0.2) is 0 Å². The van der Waals surface area contributed by atoms with Crippen LogP contribution in [0.1, 0.15) is 19.3 Å². The third kappa shape index (κ3) is 4.16. The average Bonchev–Trinajstić information content (AvgIpc) is 2.64. The third-order valence-corrected chi connectivity index (χ3v) is 4.10. The molecule has 2 fully saturated rings. The second-order valence-electron chi connectivity index (χ2n) is 5.59. The molecule has 2 rings (SSSR count). The molecule has 2 saturated heterocycles. The number of piperazine rings is 1. The van der Waals surface area contributed by atoms with E-state index >= 15 is 0 Å². The molecule has 2 aliphatic rings. The Balaban J connectivity index is 1.84. The van der Waals surface area contributed by atoms with Crippen molar-refractivity contribution in [2.75, 3.05) is 45.8 Å². The highest BCUT2D eigenvalue weighted by molar-refractivity contribution is 5.87. The lowest BCUT2D eigenvalue weighted by Gasteiger charge is -2.34. The maximum atomic E-state index is 12.3. The van der Waals surface area contributed by atoms with E-state index in [4.69, 9.17) is 5.26 Å². The normalized spacial score (nSPS) is 24.6. The Bertz CT molecular complexity index is 426. The number of hydrogen-bond acceptors (Lipinski definition) is 5. The van der Waals surface area contributed by atoms with E-state index < -0.39 is 6.10 Å². The smallest absolute Gasteiger partial charge is 0.251 e. The van der Waals surface area contributed by atoms with Crippen LogP contribution in [-0.2, 0) is 9.59 Å². The lowest BCUT2D eigenvalue weighted by Crippen LogP contribution is -2.52. The Kier molecular flexibility index (Phi) is 5.53. The van der Waals surface area contributed by atoms with Crippen LogP contribution in [0.2, 0.25) is 0 Å². The summed E-state index contributed by atoms with van der Waals surface area (Å²) in [7, 11) is 0. The van der Waals surface area contributed by atoms with E-state index in [1.165, 1.54) is 4.90 Å². The number of nitrogens with zero attached hydrogens (tertiary/aromatic N) is 4. The second kappa shape index (κ2) is 7.38. The van der Waals surface area contributed by atoms with Crippen LogP contribution in [0.3, 0.4) is 0 Å². The highest BCUT2D eigenvalue weighted by Gasteiger charge is 2.28. The molecule has 1 unspecified atom stereocenters. The summed E-state index contributed by atoms with van der Waals surface area (Å²) in [6, 6.07) is 2.11. The molecule has 0 radical (unpaired) electrons. The topological polar surface area (TPSA) is 87.9 Å². The molecule has 21 heavy (non-hydrogen) atoms. The molecule has 7 heteroatoms. The molecule has 116 valence electrons. The van der Waals surface area contributed by atoms with Gasteiger partial charge in [-0.15, -0.1) is 0 Å². The largest absolute Gasteiger partial charge is 0.383 e. The van der Waals surface area contributed by atoms with Crippen LogP contribution in [0.4, 0.5) is 0 Å². The van der Waals surface area contributed by atoms with Crippen molar-refractivity contribution in [2.24, 2.45) is 0 Å². The molecule has 2 amide bonds. The standard InChI is InChI=1S/C14H22N4O3/c15-4-6-16-7-9-17(10-8-16)13(20)11-18-5-2-1-3-12(19)14(18)21/h12,19H,1-3,5-11H2. The fourth-order valence-electron chi connectivity index (χ4n) is 2.76. The Morgan fingerprint density at radius 2 is 1.95 bits per heavy atom. The van der Waals surface area contributed by atoms with Gasteiger partial charge in [-0.3, -0.25) is 14.5 Å². The monoisotopic (exact) mass is 294 g/mol. The van der Waals surface area contributed by atoms with Gasteiger partial charge in [-0.25, -0.2) is 0 Å². The number of carbonyl (C=O) groups excluding carboxylic acids is 2. The highest BCUT2D eigenvalue weighted by Crippen LogP contribution is 2.12. The van der Waals surface area contributed by atoms with Gasteiger partial charge in [-0.05, 0) is 19.3 Å². The number of rotatable bonds is 3. The molecule has 0 aromatic heterocycles. The summed E-state index contributed by atoms with van der Waals surface area (Å²) in [5, 5.41) is 18.3. The van der Waals surface area contributed by atoms with Gasteiger partial charge in [-0.1, -0.05) is 0 Å². The fourth-order valence-corrected chi connectivity index (χ4v) is 2.76. The molecule has 7 nitrogen and oxygen atoms in total. The summed E-state index contributed by atoms with van der Waals surface area (Å²) in [6.45, 7) is 3.53. The zero-order valence-corrected chi connectivity index (χ0v) is 12.2. The van der Waals surface area contributed by atoms with Gasteiger partial charge in [0, 0.05) is 32.7 Å². The maximum absolute atomic E-state index is 12.3. The van der Waals surface area contributed by atoms with E-state index in [0.29, 0.717) is 45.7 Å². The molecular weight excluding hydrogens is 272 g/mol. The van der Waals surface area contributed by atoms with E-state index in [0.717, 1.165) is 12.8 Å². The van der Waals surface area contributed by atoms with E-state index in [2.05, 4.69) is 6.07 Å². The van der Waals surface area contributed by atoms with Crippen molar-refractivity contribution in [3.05, 3.63) is 0 Å². The van der Waals surface area contributed by atoms with E-state index in [-0.39, 0.29) is 18.4 Å². The molecule has 2 aliphatic heterocycles. The molecule has 0 aliphatic carbocycles. The molecule has 0 aromatic carbocycles. The van der Waals surface area contributed by atoms with Crippen molar-refractivity contribution in [3.8, 4) is 6.07 Å². The minimum atomic E-state index is -0.965. The Morgan fingerprint density at radius 3 is 2.62 bits per heavy atom. The number of likely N-dealkylation sites (tertiary alicyclic amines) is 1. The minimum Gasteiger partial charge on any atom is -0.383 e. The van der Waals surface area contributed by atoms with Crippen molar-refractivity contribution in [1.29, 1.82) is 5.26 Å². The number of amides is 2. The van der Waals surface area contributed by atoms with Gasteiger partial charge in [0.2, 0.25) is 5.91 Å². The zero-order chi connectivity index (χ0) is 15.2. The van der Waals surface area contributed by atoms with Crippen LogP contribution < -0.4 is 0 Å². The predicted molar refractivity (Wildman–Crippen MR) is 75.1 cm³/mol. The first kappa shape index (κ1) is 15.7. The first-order valence-electron chi connectivity index (χ1n) is 7.45. The Hall–Kier alpha value is -1.65. The Labute approximate surface area is 124 Å². The second-order valence-corrected chi connectivity index (χ2v) is 5.59. The maximum Gasteiger partial charge on any atom is 0.251 e. The van der Waals surface area contributed by atoms with Crippen molar-refractivity contribution < 1.29 is 14.7 Å². The predicted octanol–water partition coefficient (Wildman–Crippen LogP) is -0.972. The summed E-state index contributed by atoms with van der Waals surface area (Å²) in [4.78, 5) is 29.4. The number of aliphatic hydroxyl groups is 1. The highest BCUT2D eigenvalue weighted by atomic mass is 16.3. The summed E-state index contributed by atoms with van der Waals surface area (Å²) in [5.41, 5.74) is 0. The minimum absolute atomic E-state index is 0.0497. The number of carbonyl (C=O) groups is 2. The fraction of sp³-hybridized carbons (Fsp3) is 0.786. The Morgan fingerprint density at radius 1 is 1.24 bits per heavy atom. The number of hydrogen-bond donors (Lipinski definition) is 1. The number of nitriles is 1. The summed E-state index contributed by atoms with van der Waals surface area (Å²) in [6.07, 6.45) is 1.15. The van der Waals surface area contributed by atoms with E-state index in [9.17, 15) is 14.7 Å². The first-order valence-corrected chi connectivity index (χ1v) is 7.45. The van der Waals surface area contributed by atoms with Crippen LogP contribution >= 0.6 is 0 Å². The van der Waals surface area contributed by atoms with Gasteiger partial charge >= 0.3 is 0 Å². The van der Waals surface area contributed by atoms with Crippen LogP contribution in [0.5, 0.6) is 0 Å². The van der Waals surface area contributed by atoms with Gasteiger partial charge in [0.1, 0.15) is 6.10 Å². The van der Waals surface area contributed by atoms with Crippen LogP contribution in [0, 0.1) is 11.3 Å². The molecule has 2 heterocycles. The van der Waals surface area contributed by atoms with Crippen LogP contribution in [0.25, 0.3) is 0 Å². The van der Waals surface area contributed by atoms with Gasteiger partial charge in [-0.2, -0.15) is 5.26 Å².